The van der Waals surface area contributed by atoms with Gasteiger partial charge in [0.1, 0.15) is 0 Å². The molecule has 0 spiro atoms. The Balaban J connectivity index is 1.19. The predicted molar refractivity (Wildman–Crippen MR) is 285 cm³/mol. The van der Waals surface area contributed by atoms with Crippen molar-refractivity contribution in [2.75, 3.05) is 0 Å². The van der Waals surface area contributed by atoms with Crippen molar-refractivity contribution < 1.29 is 0 Å². The van der Waals surface area contributed by atoms with Crippen LogP contribution in [0.4, 0.5) is 0 Å². The van der Waals surface area contributed by atoms with Gasteiger partial charge in [0.15, 0.2) is 23.3 Å². The van der Waals surface area contributed by atoms with Crippen LogP contribution in [0.15, 0.2) is 206 Å². The van der Waals surface area contributed by atoms with Gasteiger partial charge in [-0.2, -0.15) is 0 Å². The summed E-state index contributed by atoms with van der Waals surface area (Å²) in [5.41, 5.74) is 15.0. The molecule has 3 heterocycles. The Morgan fingerprint density at radius 3 is 1.28 bits per heavy atom. The van der Waals surface area contributed by atoms with Gasteiger partial charge in [-0.1, -0.05) is 205 Å². The quantitative estimate of drug-likeness (QED) is 0.152. The van der Waals surface area contributed by atoms with Crippen LogP contribution in [0.1, 0.15) is 52.7 Å². The summed E-state index contributed by atoms with van der Waals surface area (Å²) < 4.78 is 2.36. The first-order chi connectivity index (χ1) is 33.4. The lowest BCUT2D eigenvalue weighted by Crippen LogP contribution is -2.11. The molecule has 69 heavy (non-hydrogen) atoms. The van der Waals surface area contributed by atoms with Crippen LogP contribution in [-0.4, -0.2) is 29.5 Å². The molecule has 0 aliphatic carbocycles. The van der Waals surface area contributed by atoms with E-state index < -0.39 is 0 Å². The van der Waals surface area contributed by atoms with E-state index in [-0.39, 0.29) is 10.8 Å². The molecular weight excluding hydrogens is 841 g/mol. The molecule has 8 aromatic carbocycles. The first-order valence-corrected chi connectivity index (χ1v) is 23.7. The molecule has 0 aliphatic heterocycles. The molecule has 0 saturated heterocycles. The summed E-state index contributed by atoms with van der Waals surface area (Å²) in [6, 6.07) is 72.4. The number of aromatic nitrogens is 6. The SMILES string of the molecule is CC(C)(C)c1ccc(-c2nc(-c3ccc(C(C)(C)C)cc3)nc(-c3cc(-c4nc(-c5ccccc5)cc(-c5ccccc5)n4)ccc3-n3c4ccccc4c4cc(-c5ccccc5)ccc43)n2)cc1. The highest BCUT2D eigenvalue weighted by Crippen LogP contribution is 2.40. The van der Waals surface area contributed by atoms with Crippen molar-refractivity contribution in [1.29, 1.82) is 0 Å². The molecule has 0 atom stereocenters. The third kappa shape index (κ3) is 8.51. The molecular formula is C63H52N6. The molecule has 0 saturated carbocycles. The monoisotopic (exact) mass is 892 g/mol. The van der Waals surface area contributed by atoms with Gasteiger partial charge in [0.05, 0.1) is 28.1 Å². The van der Waals surface area contributed by atoms with Gasteiger partial charge < -0.3 is 4.57 Å². The van der Waals surface area contributed by atoms with Crippen molar-refractivity contribution in [3.8, 4) is 84.9 Å². The van der Waals surface area contributed by atoms with Gasteiger partial charge in [0, 0.05) is 44.2 Å². The third-order valence-electron chi connectivity index (χ3n) is 13.0. The average Bonchev–Trinajstić information content (AvgIpc) is 3.72. The lowest BCUT2D eigenvalue weighted by atomic mass is 9.86. The normalized spacial score (nSPS) is 11.9. The maximum Gasteiger partial charge on any atom is 0.166 e. The highest BCUT2D eigenvalue weighted by atomic mass is 15.1. The fourth-order valence-corrected chi connectivity index (χ4v) is 9.17. The van der Waals surface area contributed by atoms with E-state index in [9.17, 15) is 0 Å². The zero-order valence-corrected chi connectivity index (χ0v) is 39.8. The van der Waals surface area contributed by atoms with E-state index in [1.807, 2.05) is 36.4 Å². The maximum atomic E-state index is 5.42. The predicted octanol–water partition coefficient (Wildman–Crippen LogP) is 16.0. The third-order valence-corrected chi connectivity index (χ3v) is 13.0. The summed E-state index contributed by atoms with van der Waals surface area (Å²) >= 11 is 0. The van der Waals surface area contributed by atoms with Gasteiger partial charge in [-0.05, 0) is 75.5 Å². The van der Waals surface area contributed by atoms with Gasteiger partial charge in [-0.15, -0.1) is 0 Å². The highest BCUT2D eigenvalue weighted by Gasteiger charge is 2.23. The lowest BCUT2D eigenvalue weighted by molar-refractivity contribution is 0.590. The Morgan fingerprint density at radius 1 is 0.304 bits per heavy atom. The summed E-state index contributed by atoms with van der Waals surface area (Å²) in [5, 5.41) is 2.31. The number of hydrogen-bond acceptors (Lipinski definition) is 5. The first-order valence-electron chi connectivity index (χ1n) is 23.7. The molecule has 6 nitrogen and oxygen atoms in total. The minimum atomic E-state index is -0.0114. The van der Waals surface area contributed by atoms with Crippen LogP contribution < -0.4 is 0 Å². The molecule has 334 valence electrons. The second-order valence-electron chi connectivity index (χ2n) is 19.8. The number of nitrogens with zero attached hydrogens (tertiary/aromatic N) is 6. The second kappa shape index (κ2) is 17.4. The molecule has 0 radical (unpaired) electrons. The minimum absolute atomic E-state index is 0.0114. The summed E-state index contributed by atoms with van der Waals surface area (Å²) in [6.07, 6.45) is 0. The first kappa shape index (κ1) is 43.2. The molecule has 6 heteroatoms. The van der Waals surface area contributed by atoms with E-state index in [0.717, 1.165) is 77.8 Å². The summed E-state index contributed by atoms with van der Waals surface area (Å²) in [4.78, 5) is 26.6. The highest BCUT2D eigenvalue weighted by molar-refractivity contribution is 6.11. The fraction of sp³-hybridized carbons (Fsp3) is 0.127. The Hall–Kier alpha value is -8.35. The Kier molecular flexibility index (Phi) is 10.9. The van der Waals surface area contributed by atoms with Crippen LogP contribution in [0, 0.1) is 0 Å². The zero-order chi connectivity index (χ0) is 47.3. The lowest BCUT2D eigenvalue weighted by Gasteiger charge is -2.20. The van der Waals surface area contributed by atoms with Crippen LogP contribution in [0.5, 0.6) is 0 Å². The average molecular weight is 893 g/mol. The molecule has 0 fully saturated rings. The molecule has 0 bridgehead atoms. The number of rotatable bonds is 8. The largest absolute Gasteiger partial charge is 0.309 e. The van der Waals surface area contributed by atoms with Crippen molar-refractivity contribution in [3.63, 3.8) is 0 Å². The summed E-state index contributed by atoms with van der Waals surface area (Å²) in [5.74, 6) is 2.33. The molecule has 11 rings (SSSR count). The summed E-state index contributed by atoms with van der Waals surface area (Å²) in [6.45, 7) is 13.4. The van der Waals surface area contributed by atoms with E-state index in [1.54, 1.807) is 0 Å². The van der Waals surface area contributed by atoms with Crippen molar-refractivity contribution in [2.24, 2.45) is 0 Å². The number of para-hydroxylation sites is 1. The van der Waals surface area contributed by atoms with E-state index in [4.69, 9.17) is 24.9 Å². The molecule has 0 aliphatic rings. The van der Waals surface area contributed by atoms with Gasteiger partial charge >= 0.3 is 0 Å². The number of benzene rings is 8. The summed E-state index contributed by atoms with van der Waals surface area (Å²) in [7, 11) is 0. The fourth-order valence-electron chi connectivity index (χ4n) is 9.17. The van der Waals surface area contributed by atoms with E-state index >= 15 is 0 Å². The molecule has 0 amide bonds. The number of hydrogen-bond donors (Lipinski definition) is 0. The number of fused-ring (bicyclic) bond motifs is 3. The Labute approximate surface area is 404 Å². The van der Waals surface area contributed by atoms with Crippen LogP contribution in [-0.2, 0) is 10.8 Å². The van der Waals surface area contributed by atoms with E-state index in [2.05, 4.69) is 216 Å². The van der Waals surface area contributed by atoms with Gasteiger partial charge in [-0.3, -0.25) is 0 Å². The van der Waals surface area contributed by atoms with Crippen LogP contribution in [0.25, 0.3) is 107 Å². The zero-order valence-electron chi connectivity index (χ0n) is 39.8. The topological polar surface area (TPSA) is 69.4 Å². The van der Waals surface area contributed by atoms with Gasteiger partial charge in [-0.25, -0.2) is 24.9 Å². The van der Waals surface area contributed by atoms with Crippen molar-refractivity contribution in [3.05, 3.63) is 217 Å². The second-order valence-corrected chi connectivity index (χ2v) is 19.8. The van der Waals surface area contributed by atoms with Gasteiger partial charge in [0.2, 0.25) is 0 Å². The Bertz CT molecular complexity index is 3510. The molecule has 0 N–H and O–H groups in total. The standard InChI is InChI=1S/C63H52N6/c1-62(2,3)48-32-26-44(27-33-48)58-66-59(45-28-34-49(35-29-45)63(4,5)6)68-61(67-58)52-39-47(60-64-53(42-20-12-8-13-21-42)40-54(65-60)43-22-14-9-15-23-43)31-37-57(52)69-55-25-17-16-24-50(55)51-38-46(30-36-56(51)69)41-18-10-7-11-19-41/h7-40H,1-6H3. The van der Waals surface area contributed by atoms with Crippen molar-refractivity contribution >= 4 is 21.8 Å². The molecule has 0 unspecified atom stereocenters. The van der Waals surface area contributed by atoms with E-state index in [0.29, 0.717) is 23.3 Å². The van der Waals surface area contributed by atoms with Crippen molar-refractivity contribution in [2.45, 2.75) is 52.4 Å². The smallest absolute Gasteiger partial charge is 0.166 e. The molecule has 3 aromatic heterocycles. The maximum absolute atomic E-state index is 5.42. The van der Waals surface area contributed by atoms with Gasteiger partial charge in [0.25, 0.3) is 0 Å². The van der Waals surface area contributed by atoms with Crippen LogP contribution in [0.2, 0.25) is 0 Å². The van der Waals surface area contributed by atoms with Crippen LogP contribution >= 0.6 is 0 Å². The molecule has 11 aromatic rings. The van der Waals surface area contributed by atoms with E-state index in [1.165, 1.54) is 16.7 Å². The minimum Gasteiger partial charge on any atom is -0.309 e. The van der Waals surface area contributed by atoms with Crippen LogP contribution in [0.3, 0.4) is 0 Å². The van der Waals surface area contributed by atoms with Crippen molar-refractivity contribution in [1.82, 2.24) is 29.5 Å². The Morgan fingerprint density at radius 2 is 0.739 bits per heavy atom.